The summed E-state index contributed by atoms with van der Waals surface area (Å²) >= 11 is 0. The number of alkyl halides is 3. The fourth-order valence-electron chi connectivity index (χ4n) is 1.75. The maximum atomic E-state index is 12.4. The third-order valence-corrected chi connectivity index (χ3v) is 2.50. The van der Waals surface area contributed by atoms with E-state index in [1.807, 2.05) is 6.92 Å². The maximum absolute atomic E-state index is 12.4. The van der Waals surface area contributed by atoms with Crippen molar-refractivity contribution in [3.63, 3.8) is 0 Å². The Hall–Kier alpha value is -1.06. The van der Waals surface area contributed by atoms with Crippen molar-refractivity contribution in [2.75, 3.05) is 0 Å². The number of allylic oxidation sites excluding steroid dienone is 4. The highest BCUT2D eigenvalue weighted by Crippen LogP contribution is 2.32. The first-order valence-electron chi connectivity index (χ1n) is 5.40. The van der Waals surface area contributed by atoms with Gasteiger partial charge in [0.25, 0.3) is 0 Å². The number of hydrogen-bond donors (Lipinski definition) is 0. The maximum Gasteiger partial charge on any atom is 0.416 e. The zero-order valence-electron chi connectivity index (χ0n) is 9.18. The molecular formula is C12H15F3O. The van der Waals surface area contributed by atoms with Gasteiger partial charge in [0.2, 0.25) is 0 Å². The summed E-state index contributed by atoms with van der Waals surface area (Å²) in [5.74, 6) is -0.249. The Kier molecular flexibility index (Phi) is 4.33. The standard InChI is InChI=1S/C12H15F3O/c1-2-4-11(16)8-9-5-3-6-10(7-9)12(13,14)15/h3,6-7,9H,2,4-5,8H2,1H3. The summed E-state index contributed by atoms with van der Waals surface area (Å²) < 4.78 is 37.2. The predicted molar refractivity (Wildman–Crippen MR) is 55.9 cm³/mol. The van der Waals surface area contributed by atoms with Crippen LogP contribution in [0.3, 0.4) is 0 Å². The highest BCUT2D eigenvalue weighted by molar-refractivity contribution is 5.78. The summed E-state index contributed by atoms with van der Waals surface area (Å²) in [6, 6.07) is 0. The van der Waals surface area contributed by atoms with Crippen LogP contribution in [0.15, 0.2) is 23.8 Å². The molecule has 90 valence electrons. The molecule has 4 heteroatoms. The number of rotatable bonds is 4. The van der Waals surface area contributed by atoms with Crippen molar-refractivity contribution in [2.24, 2.45) is 5.92 Å². The quantitative estimate of drug-likeness (QED) is 0.720. The summed E-state index contributed by atoms with van der Waals surface area (Å²) in [6.45, 7) is 1.88. The molecule has 0 spiro atoms. The fraction of sp³-hybridized carbons (Fsp3) is 0.583. The van der Waals surface area contributed by atoms with Gasteiger partial charge in [-0.15, -0.1) is 0 Å². The predicted octanol–water partition coefficient (Wildman–Crippen LogP) is 3.81. The van der Waals surface area contributed by atoms with Gasteiger partial charge in [-0.3, -0.25) is 4.79 Å². The van der Waals surface area contributed by atoms with Gasteiger partial charge in [0.15, 0.2) is 0 Å². The largest absolute Gasteiger partial charge is 0.416 e. The van der Waals surface area contributed by atoms with Crippen LogP contribution in [-0.4, -0.2) is 12.0 Å². The number of halogens is 3. The molecule has 0 amide bonds. The molecule has 0 aromatic carbocycles. The molecule has 1 aliphatic carbocycles. The van der Waals surface area contributed by atoms with Crippen molar-refractivity contribution in [2.45, 2.75) is 38.8 Å². The van der Waals surface area contributed by atoms with Crippen LogP contribution in [-0.2, 0) is 4.79 Å². The van der Waals surface area contributed by atoms with Crippen molar-refractivity contribution >= 4 is 5.78 Å². The number of carbonyl (C=O) groups is 1. The van der Waals surface area contributed by atoms with E-state index >= 15 is 0 Å². The summed E-state index contributed by atoms with van der Waals surface area (Å²) in [4.78, 5) is 11.3. The van der Waals surface area contributed by atoms with Gasteiger partial charge in [0, 0.05) is 12.8 Å². The number of carbonyl (C=O) groups excluding carboxylic acids is 1. The Balaban J connectivity index is 2.61. The molecule has 0 heterocycles. The van der Waals surface area contributed by atoms with Crippen LogP contribution in [0, 0.1) is 5.92 Å². The van der Waals surface area contributed by atoms with Gasteiger partial charge in [-0.05, 0) is 18.8 Å². The third-order valence-electron chi connectivity index (χ3n) is 2.50. The fourth-order valence-corrected chi connectivity index (χ4v) is 1.75. The summed E-state index contributed by atoms with van der Waals surface area (Å²) in [5.41, 5.74) is -0.631. The van der Waals surface area contributed by atoms with Crippen LogP contribution < -0.4 is 0 Å². The van der Waals surface area contributed by atoms with Gasteiger partial charge in [-0.25, -0.2) is 0 Å². The van der Waals surface area contributed by atoms with E-state index in [0.29, 0.717) is 12.8 Å². The van der Waals surface area contributed by atoms with E-state index in [1.165, 1.54) is 12.2 Å². The average Bonchev–Trinajstić information content (AvgIpc) is 2.17. The van der Waals surface area contributed by atoms with Crippen molar-refractivity contribution in [1.29, 1.82) is 0 Å². The lowest BCUT2D eigenvalue weighted by Crippen LogP contribution is -2.16. The second-order valence-corrected chi connectivity index (χ2v) is 4.01. The molecule has 0 radical (unpaired) electrons. The summed E-state index contributed by atoms with van der Waals surface area (Å²) in [5, 5.41) is 0. The van der Waals surface area contributed by atoms with E-state index in [0.717, 1.165) is 12.5 Å². The monoisotopic (exact) mass is 232 g/mol. The van der Waals surface area contributed by atoms with Gasteiger partial charge in [0.1, 0.15) is 5.78 Å². The number of Topliss-reactive ketones (excluding diaryl/α,β-unsaturated/α-hetero) is 1. The summed E-state index contributed by atoms with van der Waals surface area (Å²) in [7, 11) is 0. The molecule has 0 N–H and O–H groups in total. The van der Waals surface area contributed by atoms with E-state index in [1.54, 1.807) is 0 Å². The van der Waals surface area contributed by atoms with Crippen molar-refractivity contribution < 1.29 is 18.0 Å². The first-order chi connectivity index (χ1) is 7.43. The highest BCUT2D eigenvalue weighted by atomic mass is 19.4. The molecule has 0 fully saturated rings. The SMILES string of the molecule is CCCC(=O)CC1C=C(C(F)(F)F)C=CC1. The van der Waals surface area contributed by atoms with Gasteiger partial charge >= 0.3 is 6.18 Å². The van der Waals surface area contributed by atoms with Crippen LogP contribution in [0.1, 0.15) is 32.6 Å². The molecule has 1 unspecified atom stereocenters. The zero-order valence-corrected chi connectivity index (χ0v) is 9.18. The Morgan fingerprint density at radius 3 is 2.75 bits per heavy atom. The van der Waals surface area contributed by atoms with Crippen LogP contribution in [0.5, 0.6) is 0 Å². The minimum atomic E-state index is -4.30. The average molecular weight is 232 g/mol. The molecule has 0 aromatic heterocycles. The van der Waals surface area contributed by atoms with Crippen LogP contribution in [0.25, 0.3) is 0 Å². The van der Waals surface area contributed by atoms with Crippen molar-refractivity contribution in [3.8, 4) is 0 Å². The van der Waals surface area contributed by atoms with E-state index in [2.05, 4.69) is 0 Å². The molecule has 0 saturated heterocycles. The molecule has 1 rings (SSSR count). The van der Waals surface area contributed by atoms with E-state index in [9.17, 15) is 18.0 Å². The molecule has 1 aliphatic rings. The Bertz CT molecular complexity index is 313. The summed E-state index contributed by atoms with van der Waals surface area (Å²) in [6.07, 6.45) is 1.39. The van der Waals surface area contributed by atoms with Gasteiger partial charge in [-0.1, -0.05) is 25.2 Å². The Morgan fingerprint density at radius 1 is 1.50 bits per heavy atom. The lowest BCUT2D eigenvalue weighted by atomic mass is 9.90. The molecule has 1 atom stereocenters. The molecule has 0 saturated carbocycles. The smallest absolute Gasteiger partial charge is 0.300 e. The molecule has 1 nitrogen and oxygen atoms in total. The second kappa shape index (κ2) is 5.32. The van der Waals surface area contributed by atoms with Crippen molar-refractivity contribution in [3.05, 3.63) is 23.8 Å². The van der Waals surface area contributed by atoms with E-state index < -0.39 is 11.7 Å². The second-order valence-electron chi connectivity index (χ2n) is 4.01. The normalized spacial score (nSPS) is 20.8. The first kappa shape index (κ1) is 13.0. The van der Waals surface area contributed by atoms with Crippen LogP contribution >= 0.6 is 0 Å². The highest BCUT2D eigenvalue weighted by Gasteiger charge is 2.33. The van der Waals surface area contributed by atoms with Gasteiger partial charge < -0.3 is 0 Å². The minimum Gasteiger partial charge on any atom is -0.300 e. The molecule has 0 aliphatic heterocycles. The van der Waals surface area contributed by atoms with Gasteiger partial charge in [-0.2, -0.15) is 13.2 Å². The number of ketones is 1. The van der Waals surface area contributed by atoms with E-state index in [4.69, 9.17) is 0 Å². The lowest BCUT2D eigenvalue weighted by molar-refractivity contribution is -0.119. The molecule has 16 heavy (non-hydrogen) atoms. The van der Waals surface area contributed by atoms with Gasteiger partial charge in [0.05, 0.1) is 5.57 Å². The Labute approximate surface area is 93.0 Å². The molecular weight excluding hydrogens is 217 g/mol. The topological polar surface area (TPSA) is 17.1 Å². The third kappa shape index (κ3) is 3.83. The Morgan fingerprint density at radius 2 is 2.19 bits per heavy atom. The molecule has 0 bridgehead atoms. The van der Waals surface area contributed by atoms with Crippen LogP contribution in [0.4, 0.5) is 13.2 Å². The lowest BCUT2D eigenvalue weighted by Gasteiger charge is -2.17. The van der Waals surface area contributed by atoms with E-state index in [-0.39, 0.29) is 18.1 Å². The zero-order chi connectivity index (χ0) is 12.2. The number of hydrogen-bond acceptors (Lipinski definition) is 1. The first-order valence-corrected chi connectivity index (χ1v) is 5.40. The van der Waals surface area contributed by atoms with Crippen LogP contribution in [0.2, 0.25) is 0 Å². The van der Waals surface area contributed by atoms with Crippen molar-refractivity contribution in [1.82, 2.24) is 0 Å². The minimum absolute atomic E-state index is 0.0422. The molecule has 0 aromatic rings.